The summed E-state index contributed by atoms with van der Waals surface area (Å²) in [5.74, 6) is 0.133. The zero-order chi connectivity index (χ0) is 12.0. The van der Waals surface area contributed by atoms with Crippen LogP contribution in [0.5, 0.6) is 0 Å². The summed E-state index contributed by atoms with van der Waals surface area (Å²) in [6, 6.07) is 7.75. The Bertz CT molecular complexity index is 316. The molecule has 0 saturated heterocycles. The smallest absolute Gasteiger partial charge is 0.161 e. The van der Waals surface area contributed by atoms with Crippen LogP contribution in [0.25, 0.3) is 0 Å². The van der Waals surface area contributed by atoms with Crippen LogP contribution in [0.3, 0.4) is 0 Å². The minimum Gasteiger partial charge on any atom is -0.356 e. The predicted molar refractivity (Wildman–Crippen MR) is 65.5 cm³/mol. The fraction of sp³-hybridized carbons (Fsp3) is 0.500. The van der Waals surface area contributed by atoms with E-state index in [-0.39, 0.29) is 12.2 Å². The normalized spacial score (nSPS) is 13.1. The third kappa shape index (κ3) is 3.76. The largest absolute Gasteiger partial charge is 0.356 e. The van der Waals surface area contributed by atoms with Gasteiger partial charge in [0.05, 0.1) is 0 Å². The minimum atomic E-state index is -0.274. The molecule has 1 aromatic carbocycles. The molecule has 3 nitrogen and oxygen atoms in total. The SMILES string of the molecule is COC(OC)C(CN)Cc1cccc(Cl)c1. The summed E-state index contributed by atoms with van der Waals surface area (Å²) in [6.45, 7) is 0.513. The molecule has 4 heteroatoms. The molecule has 1 unspecified atom stereocenters. The molecular formula is C12H18ClNO2. The summed E-state index contributed by atoms with van der Waals surface area (Å²) < 4.78 is 10.4. The van der Waals surface area contributed by atoms with Crippen molar-refractivity contribution in [2.75, 3.05) is 20.8 Å². The van der Waals surface area contributed by atoms with E-state index in [1.165, 1.54) is 0 Å². The van der Waals surface area contributed by atoms with Crippen LogP contribution in [0.2, 0.25) is 5.02 Å². The Balaban J connectivity index is 2.69. The molecular weight excluding hydrogens is 226 g/mol. The first-order valence-corrected chi connectivity index (χ1v) is 5.59. The van der Waals surface area contributed by atoms with Crippen LogP contribution in [0.4, 0.5) is 0 Å². The maximum Gasteiger partial charge on any atom is 0.161 e. The second kappa shape index (κ2) is 6.86. The number of methoxy groups -OCH3 is 2. The number of nitrogens with two attached hydrogens (primary N) is 1. The van der Waals surface area contributed by atoms with Crippen LogP contribution in [-0.4, -0.2) is 27.1 Å². The molecule has 1 atom stereocenters. The summed E-state index contributed by atoms with van der Waals surface area (Å²) in [5.41, 5.74) is 6.86. The molecule has 0 aromatic heterocycles. The van der Waals surface area contributed by atoms with Crippen molar-refractivity contribution in [3.8, 4) is 0 Å². The van der Waals surface area contributed by atoms with Crippen LogP contribution in [0, 0.1) is 5.92 Å². The van der Waals surface area contributed by atoms with Gasteiger partial charge in [0, 0.05) is 31.7 Å². The van der Waals surface area contributed by atoms with Crippen LogP contribution in [0.15, 0.2) is 24.3 Å². The first kappa shape index (κ1) is 13.5. The van der Waals surface area contributed by atoms with E-state index in [1.54, 1.807) is 14.2 Å². The highest BCUT2D eigenvalue weighted by Gasteiger charge is 2.19. The van der Waals surface area contributed by atoms with Gasteiger partial charge in [-0.3, -0.25) is 0 Å². The minimum absolute atomic E-state index is 0.133. The Morgan fingerprint density at radius 3 is 2.50 bits per heavy atom. The fourth-order valence-corrected chi connectivity index (χ4v) is 1.95. The molecule has 0 fully saturated rings. The topological polar surface area (TPSA) is 44.5 Å². The molecule has 0 bridgehead atoms. The summed E-state index contributed by atoms with van der Waals surface area (Å²) in [6.07, 6.45) is 0.521. The molecule has 0 amide bonds. The molecule has 0 aliphatic carbocycles. The molecule has 0 spiro atoms. The Hall–Kier alpha value is -0.610. The van der Waals surface area contributed by atoms with E-state index in [0.29, 0.717) is 6.54 Å². The lowest BCUT2D eigenvalue weighted by molar-refractivity contribution is -0.134. The average molecular weight is 244 g/mol. The molecule has 1 aromatic rings. The molecule has 0 radical (unpaired) electrons. The second-order valence-electron chi connectivity index (χ2n) is 3.67. The van der Waals surface area contributed by atoms with Crippen molar-refractivity contribution >= 4 is 11.6 Å². The van der Waals surface area contributed by atoms with Crippen LogP contribution in [-0.2, 0) is 15.9 Å². The maximum absolute atomic E-state index is 5.93. The van der Waals surface area contributed by atoms with Gasteiger partial charge in [-0.1, -0.05) is 23.7 Å². The second-order valence-corrected chi connectivity index (χ2v) is 4.11. The summed E-state index contributed by atoms with van der Waals surface area (Å²) in [7, 11) is 3.24. The molecule has 90 valence electrons. The quantitative estimate of drug-likeness (QED) is 0.778. The van der Waals surface area contributed by atoms with Crippen molar-refractivity contribution in [3.05, 3.63) is 34.9 Å². The first-order valence-electron chi connectivity index (χ1n) is 5.21. The Morgan fingerprint density at radius 1 is 1.31 bits per heavy atom. The van der Waals surface area contributed by atoms with E-state index in [1.807, 2.05) is 24.3 Å². The Labute approximate surface area is 101 Å². The number of rotatable bonds is 6. The highest BCUT2D eigenvalue weighted by Crippen LogP contribution is 2.17. The van der Waals surface area contributed by atoms with Crippen molar-refractivity contribution in [2.24, 2.45) is 11.7 Å². The third-order valence-corrected chi connectivity index (χ3v) is 2.77. The van der Waals surface area contributed by atoms with Gasteiger partial charge in [0.1, 0.15) is 0 Å². The van der Waals surface area contributed by atoms with E-state index in [9.17, 15) is 0 Å². The molecule has 0 aliphatic rings. The molecule has 0 heterocycles. The van der Waals surface area contributed by atoms with Crippen LogP contribution >= 0.6 is 11.6 Å². The average Bonchev–Trinajstić information content (AvgIpc) is 2.29. The number of benzene rings is 1. The van der Waals surface area contributed by atoms with Gasteiger partial charge in [-0.25, -0.2) is 0 Å². The van der Waals surface area contributed by atoms with Crippen molar-refractivity contribution in [2.45, 2.75) is 12.7 Å². The monoisotopic (exact) mass is 243 g/mol. The summed E-state index contributed by atoms with van der Waals surface area (Å²) in [4.78, 5) is 0. The zero-order valence-electron chi connectivity index (χ0n) is 9.65. The van der Waals surface area contributed by atoms with Crippen molar-refractivity contribution < 1.29 is 9.47 Å². The Morgan fingerprint density at radius 2 is 2.00 bits per heavy atom. The van der Waals surface area contributed by atoms with Crippen molar-refractivity contribution in [3.63, 3.8) is 0 Å². The zero-order valence-corrected chi connectivity index (χ0v) is 10.4. The molecule has 16 heavy (non-hydrogen) atoms. The number of ether oxygens (including phenoxy) is 2. The standard InChI is InChI=1S/C12H18ClNO2/c1-15-12(16-2)10(8-14)6-9-4-3-5-11(13)7-9/h3-5,7,10,12H,6,8,14H2,1-2H3. The maximum atomic E-state index is 5.93. The third-order valence-electron chi connectivity index (χ3n) is 2.54. The molecule has 0 saturated carbocycles. The van der Waals surface area contributed by atoms with E-state index < -0.39 is 0 Å². The van der Waals surface area contributed by atoms with Gasteiger partial charge in [0.25, 0.3) is 0 Å². The fourth-order valence-electron chi connectivity index (χ4n) is 1.74. The van der Waals surface area contributed by atoms with Gasteiger partial charge in [-0.15, -0.1) is 0 Å². The van der Waals surface area contributed by atoms with Gasteiger partial charge < -0.3 is 15.2 Å². The van der Waals surface area contributed by atoms with Gasteiger partial charge in [0.15, 0.2) is 6.29 Å². The van der Waals surface area contributed by atoms with Gasteiger partial charge in [-0.05, 0) is 24.1 Å². The Kier molecular flexibility index (Phi) is 5.77. The van der Waals surface area contributed by atoms with Gasteiger partial charge >= 0.3 is 0 Å². The number of hydrogen-bond donors (Lipinski definition) is 1. The molecule has 0 aliphatic heterocycles. The summed E-state index contributed by atoms with van der Waals surface area (Å²) >= 11 is 5.93. The van der Waals surface area contributed by atoms with Crippen LogP contribution < -0.4 is 5.73 Å². The lowest BCUT2D eigenvalue weighted by Gasteiger charge is -2.23. The van der Waals surface area contributed by atoms with Crippen molar-refractivity contribution in [1.29, 1.82) is 0 Å². The molecule has 2 N–H and O–H groups in total. The lowest BCUT2D eigenvalue weighted by Crippen LogP contribution is -2.32. The van der Waals surface area contributed by atoms with E-state index in [0.717, 1.165) is 17.0 Å². The van der Waals surface area contributed by atoms with Crippen LogP contribution in [0.1, 0.15) is 5.56 Å². The summed E-state index contributed by atoms with van der Waals surface area (Å²) in [5, 5.41) is 0.736. The highest BCUT2D eigenvalue weighted by atomic mass is 35.5. The van der Waals surface area contributed by atoms with E-state index >= 15 is 0 Å². The highest BCUT2D eigenvalue weighted by molar-refractivity contribution is 6.30. The molecule has 1 rings (SSSR count). The van der Waals surface area contributed by atoms with Gasteiger partial charge in [-0.2, -0.15) is 0 Å². The van der Waals surface area contributed by atoms with E-state index in [4.69, 9.17) is 26.8 Å². The number of hydrogen-bond acceptors (Lipinski definition) is 3. The van der Waals surface area contributed by atoms with Crippen molar-refractivity contribution in [1.82, 2.24) is 0 Å². The predicted octanol–water partition coefficient (Wildman–Crippen LogP) is 2.08. The lowest BCUT2D eigenvalue weighted by atomic mass is 9.99. The number of halogens is 1. The van der Waals surface area contributed by atoms with Gasteiger partial charge in [0.2, 0.25) is 0 Å². The van der Waals surface area contributed by atoms with E-state index in [2.05, 4.69) is 0 Å². The first-order chi connectivity index (χ1) is 7.71.